The molecule has 21 heavy (non-hydrogen) atoms. The molecule has 0 unspecified atom stereocenters. The van der Waals surface area contributed by atoms with Crippen molar-refractivity contribution in [2.24, 2.45) is 0 Å². The fourth-order valence-corrected chi connectivity index (χ4v) is 3.15. The van der Waals surface area contributed by atoms with Crippen LogP contribution >= 0.6 is 15.9 Å². The van der Waals surface area contributed by atoms with E-state index in [9.17, 15) is 15.0 Å². The highest BCUT2D eigenvalue weighted by molar-refractivity contribution is 9.10. The van der Waals surface area contributed by atoms with Crippen LogP contribution in [0.25, 0.3) is 0 Å². The monoisotopic (exact) mass is 348 g/mol. The lowest BCUT2D eigenvalue weighted by molar-refractivity contribution is -0.149. The predicted molar refractivity (Wildman–Crippen MR) is 85.1 cm³/mol. The quantitative estimate of drug-likeness (QED) is 0.860. The molecule has 0 aliphatic carbocycles. The Balaban J connectivity index is 2.61. The van der Waals surface area contributed by atoms with Crippen molar-refractivity contribution in [3.05, 3.63) is 70.2 Å². The summed E-state index contributed by atoms with van der Waals surface area (Å²) in [6.07, 6.45) is -0.854. The van der Waals surface area contributed by atoms with Crippen molar-refractivity contribution >= 4 is 21.9 Å². The first kappa shape index (κ1) is 15.7. The topological polar surface area (TPSA) is 57.5 Å². The first-order valence-electron chi connectivity index (χ1n) is 6.75. The summed E-state index contributed by atoms with van der Waals surface area (Å²) in [6.45, 7) is 1.78. The maximum atomic E-state index is 12.0. The molecular weight excluding hydrogens is 332 g/mol. The molecule has 0 fully saturated rings. The zero-order valence-electron chi connectivity index (χ0n) is 11.7. The minimum Gasteiger partial charge on any atom is -0.480 e. The van der Waals surface area contributed by atoms with Crippen molar-refractivity contribution in [3.63, 3.8) is 0 Å². The third kappa shape index (κ3) is 2.74. The standard InChI is InChI=1S/C17H17BrO3/c1-2-17(16(20)21,12-8-4-3-5-9-12)15(19)13-10-6-7-11-14(13)18/h3-11,15,19H,2H2,1H3,(H,20,21)/t15-,17+/m1/s1. The van der Waals surface area contributed by atoms with Gasteiger partial charge in [0.15, 0.2) is 0 Å². The zero-order valence-corrected chi connectivity index (χ0v) is 13.2. The molecule has 0 spiro atoms. The summed E-state index contributed by atoms with van der Waals surface area (Å²) in [4.78, 5) is 12.0. The largest absolute Gasteiger partial charge is 0.480 e. The maximum Gasteiger partial charge on any atom is 0.317 e. The summed E-state index contributed by atoms with van der Waals surface area (Å²) in [5, 5.41) is 20.6. The molecule has 2 aromatic carbocycles. The Morgan fingerprint density at radius 3 is 2.24 bits per heavy atom. The number of rotatable bonds is 5. The van der Waals surface area contributed by atoms with Gasteiger partial charge in [-0.15, -0.1) is 0 Å². The molecule has 2 aromatic rings. The van der Waals surface area contributed by atoms with Crippen LogP contribution in [0.1, 0.15) is 30.6 Å². The van der Waals surface area contributed by atoms with Gasteiger partial charge in [0.2, 0.25) is 0 Å². The summed E-state index contributed by atoms with van der Waals surface area (Å²) >= 11 is 3.39. The highest BCUT2D eigenvalue weighted by atomic mass is 79.9. The van der Waals surface area contributed by atoms with Gasteiger partial charge in [0.05, 0.1) is 0 Å². The molecule has 2 rings (SSSR count). The third-order valence-electron chi connectivity index (χ3n) is 3.89. The van der Waals surface area contributed by atoms with Crippen LogP contribution in [0.15, 0.2) is 59.1 Å². The van der Waals surface area contributed by atoms with E-state index < -0.39 is 17.5 Å². The number of aliphatic carboxylic acids is 1. The van der Waals surface area contributed by atoms with Crippen molar-refractivity contribution in [2.45, 2.75) is 24.9 Å². The average Bonchev–Trinajstić information content (AvgIpc) is 2.49. The number of halogens is 1. The SMILES string of the molecule is CC[C@](C(=O)O)(c1ccccc1)[C@H](O)c1ccccc1Br. The third-order valence-corrected chi connectivity index (χ3v) is 4.62. The van der Waals surface area contributed by atoms with E-state index in [0.29, 0.717) is 15.6 Å². The van der Waals surface area contributed by atoms with E-state index in [1.165, 1.54) is 0 Å². The van der Waals surface area contributed by atoms with Gasteiger partial charge in [0.1, 0.15) is 11.5 Å². The number of carboxylic acid groups (broad SMARTS) is 1. The summed E-state index contributed by atoms with van der Waals surface area (Å²) in [7, 11) is 0. The molecule has 0 aliphatic rings. The van der Waals surface area contributed by atoms with Gasteiger partial charge >= 0.3 is 5.97 Å². The van der Waals surface area contributed by atoms with Gasteiger partial charge in [-0.3, -0.25) is 4.79 Å². The Kier molecular flexibility index (Phi) is 4.80. The molecule has 0 bridgehead atoms. The second-order valence-corrected chi connectivity index (χ2v) is 5.77. The molecule has 0 saturated heterocycles. The Morgan fingerprint density at radius 2 is 1.71 bits per heavy atom. The molecule has 110 valence electrons. The van der Waals surface area contributed by atoms with Crippen LogP contribution in [0.4, 0.5) is 0 Å². The summed E-state index contributed by atoms with van der Waals surface area (Å²) in [6, 6.07) is 16.1. The first-order chi connectivity index (χ1) is 10.0. The Morgan fingerprint density at radius 1 is 1.14 bits per heavy atom. The van der Waals surface area contributed by atoms with Gasteiger partial charge in [-0.05, 0) is 23.6 Å². The van der Waals surface area contributed by atoms with Crippen LogP contribution in [0, 0.1) is 0 Å². The highest BCUT2D eigenvalue weighted by Crippen LogP contribution is 2.42. The Bertz CT molecular complexity index is 627. The lowest BCUT2D eigenvalue weighted by atomic mass is 9.71. The van der Waals surface area contributed by atoms with E-state index in [4.69, 9.17) is 0 Å². The zero-order chi connectivity index (χ0) is 15.5. The normalized spacial score (nSPS) is 15.2. The fraction of sp³-hybridized carbons (Fsp3) is 0.235. The van der Waals surface area contributed by atoms with E-state index in [0.717, 1.165) is 0 Å². The molecule has 0 saturated carbocycles. The number of carboxylic acids is 1. The van der Waals surface area contributed by atoms with E-state index in [-0.39, 0.29) is 6.42 Å². The van der Waals surface area contributed by atoms with Gasteiger partial charge in [0.25, 0.3) is 0 Å². The van der Waals surface area contributed by atoms with Gasteiger partial charge in [0, 0.05) is 4.47 Å². The van der Waals surface area contributed by atoms with E-state index >= 15 is 0 Å². The first-order valence-corrected chi connectivity index (χ1v) is 7.54. The molecule has 3 nitrogen and oxygen atoms in total. The molecule has 0 aromatic heterocycles. The van der Waals surface area contributed by atoms with Crippen LogP contribution in [0.5, 0.6) is 0 Å². The van der Waals surface area contributed by atoms with Crippen molar-refractivity contribution in [1.29, 1.82) is 0 Å². The van der Waals surface area contributed by atoms with E-state index in [2.05, 4.69) is 15.9 Å². The molecule has 2 atom stereocenters. The number of hydrogen-bond donors (Lipinski definition) is 2. The van der Waals surface area contributed by atoms with Crippen LogP contribution < -0.4 is 0 Å². The minimum absolute atomic E-state index is 0.287. The molecule has 0 radical (unpaired) electrons. The Labute approximate surface area is 132 Å². The molecular formula is C17H17BrO3. The number of carbonyl (C=O) groups is 1. The van der Waals surface area contributed by atoms with Crippen LogP contribution in [0.3, 0.4) is 0 Å². The Hall–Kier alpha value is -1.65. The number of aliphatic hydroxyl groups is 1. The fourth-order valence-electron chi connectivity index (χ4n) is 2.64. The second-order valence-electron chi connectivity index (χ2n) is 4.92. The van der Waals surface area contributed by atoms with Gasteiger partial charge in [-0.1, -0.05) is 71.4 Å². The number of aliphatic hydroxyl groups excluding tert-OH is 1. The number of benzene rings is 2. The lowest BCUT2D eigenvalue weighted by Crippen LogP contribution is -2.41. The molecule has 0 aliphatic heterocycles. The minimum atomic E-state index is -1.37. The summed E-state index contributed by atoms with van der Waals surface area (Å²) < 4.78 is 0.701. The summed E-state index contributed by atoms with van der Waals surface area (Å²) in [5.74, 6) is -1.03. The van der Waals surface area contributed by atoms with Gasteiger partial charge < -0.3 is 10.2 Å². The van der Waals surface area contributed by atoms with Crippen molar-refractivity contribution in [3.8, 4) is 0 Å². The second kappa shape index (κ2) is 6.41. The smallest absolute Gasteiger partial charge is 0.317 e. The maximum absolute atomic E-state index is 12.0. The van der Waals surface area contributed by atoms with Crippen LogP contribution in [0.2, 0.25) is 0 Å². The van der Waals surface area contributed by atoms with E-state index in [1.807, 2.05) is 12.1 Å². The molecule has 2 N–H and O–H groups in total. The molecule has 0 heterocycles. The molecule has 4 heteroatoms. The summed E-state index contributed by atoms with van der Waals surface area (Å²) in [5.41, 5.74) is -0.195. The lowest BCUT2D eigenvalue weighted by Gasteiger charge is -2.34. The van der Waals surface area contributed by atoms with Crippen molar-refractivity contribution in [1.82, 2.24) is 0 Å². The van der Waals surface area contributed by atoms with Gasteiger partial charge in [-0.2, -0.15) is 0 Å². The van der Waals surface area contributed by atoms with Gasteiger partial charge in [-0.25, -0.2) is 0 Å². The van der Waals surface area contributed by atoms with Crippen LogP contribution in [-0.4, -0.2) is 16.2 Å². The highest BCUT2D eigenvalue weighted by Gasteiger charge is 2.46. The predicted octanol–water partition coefficient (Wildman–Crippen LogP) is 3.92. The van der Waals surface area contributed by atoms with Crippen molar-refractivity contribution in [2.75, 3.05) is 0 Å². The number of hydrogen-bond acceptors (Lipinski definition) is 2. The molecule has 0 amide bonds. The van der Waals surface area contributed by atoms with Crippen LogP contribution in [-0.2, 0) is 10.2 Å². The van der Waals surface area contributed by atoms with E-state index in [1.54, 1.807) is 49.4 Å². The average molecular weight is 349 g/mol. The van der Waals surface area contributed by atoms with Crippen molar-refractivity contribution < 1.29 is 15.0 Å².